The minimum Gasteiger partial charge on any atom is -0.492 e. The van der Waals surface area contributed by atoms with Crippen molar-refractivity contribution in [3.63, 3.8) is 0 Å². The Balaban J connectivity index is 1.79. The quantitative estimate of drug-likeness (QED) is 0.776. The van der Waals surface area contributed by atoms with Crippen molar-refractivity contribution < 1.29 is 13.2 Å². The van der Waals surface area contributed by atoms with Gasteiger partial charge in [0.1, 0.15) is 12.4 Å². The van der Waals surface area contributed by atoms with Crippen molar-refractivity contribution in [2.24, 2.45) is 0 Å². The SMILES string of the molecule is CC1(NS(=O)(=O)CCOc2ccc(N)cc2)CCC1. The zero-order chi connectivity index (χ0) is 13.9. The molecule has 3 N–H and O–H groups in total. The lowest BCUT2D eigenvalue weighted by atomic mass is 9.80. The third-order valence-electron chi connectivity index (χ3n) is 3.36. The average Bonchev–Trinajstić information content (AvgIpc) is 2.29. The summed E-state index contributed by atoms with van der Waals surface area (Å²) in [6, 6.07) is 6.89. The number of ether oxygens (including phenoxy) is 1. The van der Waals surface area contributed by atoms with Crippen LogP contribution in [0.3, 0.4) is 0 Å². The molecule has 0 bridgehead atoms. The monoisotopic (exact) mass is 284 g/mol. The summed E-state index contributed by atoms with van der Waals surface area (Å²) in [6.07, 6.45) is 2.90. The van der Waals surface area contributed by atoms with Crippen LogP contribution in [-0.4, -0.2) is 26.3 Å². The summed E-state index contributed by atoms with van der Waals surface area (Å²) in [5.74, 6) is 0.590. The maximum Gasteiger partial charge on any atom is 0.215 e. The number of hydrogen-bond acceptors (Lipinski definition) is 4. The van der Waals surface area contributed by atoms with Crippen LogP contribution in [-0.2, 0) is 10.0 Å². The molecule has 0 aliphatic heterocycles. The molecule has 0 atom stereocenters. The van der Waals surface area contributed by atoms with Crippen LogP contribution in [0.1, 0.15) is 26.2 Å². The van der Waals surface area contributed by atoms with Gasteiger partial charge < -0.3 is 10.5 Å². The lowest BCUT2D eigenvalue weighted by molar-refractivity contribution is 0.247. The summed E-state index contributed by atoms with van der Waals surface area (Å²) in [4.78, 5) is 0. The van der Waals surface area contributed by atoms with Crippen molar-refractivity contribution in [1.82, 2.24) is 4.72 Å². The first-order chi connectivity index (χ1) is 8.89. The van der Waals surface area contributed by atoms with Gasteiger partial charge >= 0.3 is 0 Å². The lowest BCUT2D eigenvalue weighted by Crippen LogP contribution is -2.51. The van der Waals surface area contributed by atoms with E-state index in [2.05, 4.69) is 4.72 Å². The van der Waals surface area contributed by atoms with Gasteiger partial charge in [0.2, 0.25) is 10.0 Å². The molecule has 0 amide bonds. The highest BCUT2D eigenvalue weighted by molar-refractivity contribution is 7.89. The van der Waals surface area contributed by atoms with Crippen molar-refractivity contribution in [1.29, 1.82) is 0 Å². The second-order valence-electron chi connectivity index (χ2n) is 5.25. The zero-order valence-electron chi connectivity index (χ0n) is 11.1. The third kappa shape index (κ3) is 4.11. The van der Waals surface area contributed by atoms with Crippen LogP contribution < -0.4 is 15.2 Å². The number of nitrogens with one attached hydrogen (secondary N) is 1. The van der Waals surface area contributed by atoms with E-state index in [9.17, 15) is 8.42 Å². The molecule has 6 heteroatoms. The van der Waals surface area contributed by atoms with E-state index in [4.69, 9.17) is 10.5 Å². The molecule has 1 aliphatic carbocycles. The van der Waals surface area contributed by atoms with Crippen molar-refractivity contribution >= 4 is 15.7 Å². The van der Waals surface area contributed by atoms with Crippen molar-refractivity contribution in [2.45, 2.75) is 31.7 Å². The van der Waals surface area contributed by atoms with E-state index < -0.39 is 10.0 Å². The van der Waals surface area contributed by atoms with E-state index in [0.717, 1.165) is 19.3 Å². The smallest absolute Gasteiger partial charge is 0.215 e. The highest BCUT2D eigenvalue weighted by atomic mass is 32.2. The topological polar surface area (TPSA) is 81.4 Å². The molecule has 1 aliphatic rings. The van der Waals surface area contributed by atoms with Crippen LogP contribution in [0.4, 0.5) is 5.69 Å². The molecular formula is C13H20N2O3S. The van der Waals surface area contributed by atoms with Crippen LogP contribution in [0, 0.1) is 0 Å². The van der Waals surface area contributed by atoms with Gasteiger partial charge in [0.15, 0.2) is 0 Å². The summed E-state index contributed by atoms with van der Waals surface area (Å²) < 4.78 is 31.9. The first-order valence-corrected chi connectivity index (χ1v) is 8.04. The van der Waals surface area contributed by atoms with Gasteiger partial charge in [-0.1, -0.05) is 0 Å². The molecule has 2 rings (SSSR count). The Morgan fingerprint density at radius 1 is 1.32 bits per heavy atom. The van der Waals surface area contributed by atoms with E-state index in [1.165, 1.54) is 0 Å². The van der Waals surface area contributed by atoms with Crippen molar-refractivity contribution in [3.05, 3.63) is 24.3 Å². The largest absolute Gasteiger partial charge is 0.492 e. The van der Waals surface area contributed by atoms with E-state index in [0.29, 0.717) is 11.4 Å². The van der Waals surface area contributed by atoms with Gasteiger partial charge in [-0.25, -0.2) is 13.1 Å². The fourth-order valence-electron chi connectivity index (χ4n) is 2.07. The molecule has 0 radical (unpaired) electrons. The molecule has 1 saturated carbocycles. The molecule has 0 aromatic heterocycles. The normalized spacial score (nSPS) is 17.7. The van der Waals surface area contributed by atoms with Gasteiger partial charge in [-0.3, -0.25) is 0 Å². The number of nitrogen functional groups attached to an aromatic ring is 1. The minimum atomic E-state index is -3.28. The first-order valence-electron chi connectivity index (χ1n) is 6.39. The number of nitrogens with two attached hydrogens (primary N) is 1. The zero-order valence-corrected chi connectivity index (χ0v) is 11.9. The number of benzene rings is 1. The Morgan fingerprint density at radius 2 is 1.95 bits per heavy atom. The van der Waals surface area contributed by atoms with E-state index >= 15 is 0 Å². The second kappa shape index (κ2) is 5.38. The predicted molar refractivity (Wildman–Crippen MR) is 75.5 cm³/mol. The molecule has 0 spiro atoms. The molecule has 1 fully saturated rings. The molecule has 0 saturated heterocycles. The molecule has 106 valence electrons. The summed E-state index contributed by atoms with van der Waals surface area (Å²) >= 11 is 0. The second-order valence-corrected chi connectivity index (χ2v) is 7.09. The molecule has 0 unspecified atom stereocenters. The molecule has 19 heavy (non-hydrogen) atoms. The van der Waals surface area contributed by atoms with Gasteiger partial charge in [-0.2, -0.15) is 0 Å². The molecule has 0 heterocycles. The maximum atomic E-state index is 11.9. The number of sulfonamides is 1. The lowest BCUT2D eigenvalue weighted by Gasteiger charge is -2.38. The Bertz CT molecular complexity index is 521. The van der Waals surface area contributed by atoms with E-state index in [-0.39, 0.29) is 17.9 Å². The highest BCUT2D eigenvalue weighted by Crippen LogP contribution is 2.31. The number of hydrogen-bond donors (Lipinski definition) is 2. The summed E-state index contributed by atoms with van der Waals surface area (Å²) in [7, 11) is -3.28. The third-order valence-corrected chi connectivity index (χ3v) is 4.87. The van der Waals surface area contributed by atoms with Gasteiger partial charge in [0.05, 0.1) is 5.75 Å². The number of rotatable bonds is 6. The molecular weight excluding hydrogens is 264 g/mol. The van der Waals surface area contributed by atoms with Gasteiger partial charge in [-0.15, -0.1) is 0 Å². The van der Waals surface area contributed by atoms with E-state index in [1.807, 2.05) is 6.92 Å². The Hall–Kier alpha value is -1.27. The van der Waals surface area contributed by atoms with Crippen molar-refractivity contribution in [2.75, 3.05) is 18.1 Å². The maximum absolute atomic E-state index is 11.9. The van der Waals surface area contributed by atoms with Crippen LogP contribution in [0.25, 0.3) is 0 Å². The summed E-state index contributed by atoms with van der Waals surface area (Å²) in [6.45, 7) is 2.07. The Kier molecular flexibility index (Phi) is 4.01. The summed E-state index contributed by atoms with van der Waals surface area (Å²) in [5, 5.41) is 0. The van der Waals surface area contributed by atoms with Crippen LogP contribution in [0.2, 0.25) is 0 Å². The van der Waals surface area contributed by atoms with Gasteiger partial charge in [-0.05, 0) is 50.5 Å². The molecule has 5 nitrogen and oxygen atoms in total. The fraction of sp³-hybridized carbons (Fsp3) is 0.538. The molecule has 1 aromatic rings. The van der Waals surface area contributed by atoms with Gasteiger partial charge in [0.25, 0.3) is 0 Å². The van der Waals surface area contributed by atoms with Crippen molar-refractivity contribution in [3.8, 4) is 5.75 Å². The average molecular weight is 284 g/mol. The predicted octanol–water partition coefficient (Wildman–Crippen LogP) is 1.51. The van der Waals surface area contributed by atoms with Crippen LogP contribution in [0.5, 0.6) is 5.75 Å². The summed E-state index contributed by atoms with van der Waals surface area (Å²) in [5.41, 5.74) is 5.96. The molecule has 1 aromatic carbocycles. The standard InChI is InChI=1S/C13H20N2O3S/c1-13(7-2-8-13)15-19(16,17)10-9-18-12-5-3-11(14)4-6-12/h3-6,15H,2,7-10,14H2,1H3. The fourth-order valence-corrected chi connectivity index (χ4v) is 3.43. The van der Waals surface area contributed by atoms with Gasteiger partial charge in [0, 0.05) is 11.2 Å². The minimum absolute atomic E-state index is 0.0348. The van der Waals surface area contributed by atoms with Crippen LogP contribution in [0.15, 0.2) is 24.3 Å². The van der Waals surface area contributed by atoms with E-state index in [1.54, 1.807) is 24.3 Å². The Morgan fingerprint density at radius 3 is 2.47 bits per heavy atom. The Labute approximate surface area is 114 Å². The van der Waals surface area contributed by atoms with Crippen LogP contribution >= 0.6 is 0 Å². The first kappa shape index (κ1) is 14.1. The highest BCUT2D eigenvalue weighted by Gasteiger charge is 2.35. The number of anilines is 1.